The summed E-state index contributed by atoms with van der Waals surface area (Å²) in [5.74, 6) is 0. The lowest BCUT2D eigenvalue weighted by atomic mass is 10.1. The van der Waals surface area contributed by atoms with Gasteiger partial charge < -0.3 is 5.32 Å². The number of rotatable bonds is 5. The van der Waals surface area contributed by atoms with E-state index in [2.05, 4.69) is 37.4 Å². The average molecular weight is 304 g/mol. The van der Waals surface area contributed by atoms with Crippen LogP contribution in [0.2, 0.25) is 0 Å². The minimum absolute atomic E-state index is 0.147. The van der Waals surface area contributed by atoms with Crippen molar-refractivity contribution in [1.82, 2.24) is 5.32 Å². The maximum Gasteiger partial charge on any atom is 0.238 e. The van der Waals surface area contributed by atoms with Gasteiger partial charge in [0.1, 0.15) is 0 Å². The molecule has 0 atom stereocenters. The predicted molar refractivity (Wildman–Crippen MR) is 84.3 cm³/mol. The minimum Gasteiger partial charge on any atom is -0.309 e. The van der Waals surface area contributed by atoms with Gasteiger partial charge in [-0.3, -0.25) is 0 Å². The van der Waals surface area contributed by atoms with Crippen molar-refractivity contribution in [2.24, 2.45) is 5.14 Å². The average Bonchev–Trinajstić information content (AvgIpc) is 2.41. The molecule has 3 N–H and O–H groups in total. The van der Waals surface area contributed by atoms with Gasteiger partial charge in [-0.1, -0.05) is 35.9 Å². The number of primary sulfonamides is 1. The summed E-state index contributed by atoms with van der Waals surface area (Å²) in [6.07, 6.45) is 0. The van der Waals surface area contributed by atoms with E-state index in [0.717, 1.165) is 12.1 Å². The molecule has 0 aliphatic carbocycles. The third-order valence-electron chi connectivity index (χ3n) is 3.37. The zero-order valence-corrected chi connectivity index (χ0v) is 13.1. The fourth-order valence-corrected chi connectivity index (χ4v) is 2.80. The van der Waals surface area contributed by atoms with Gasteiger partial charge in [0, 0.05) is 13.1 Å². The van der Waals surface area contributed by atoms with Crippen LogP contribution in [0.25, 0.3) is 0 Å². The minimum atomic E-state index is -3.64. The van der Waals surface area contributed by atoms with Gasteiger partial charge in [-0.15, -0.1) is 0 Å². The number of sulfonamides is 1. The first-order valence-electron chi connectivity index (χ1n) is 6.75. The quantitative estimate of drug-likeness (QED) is 0.890. The summed E-state index contributed by atoms with van der Waals surface area (Å²) in [5, 5.41) is 8.45. The molecule has 2 aromatic carbocycles. The normalized spacial score (nSPS) is 11.6. The molecule has 0 amide bonds. The SMILES string of the molecule is Cc1ccc(CNCc2cccc(S(N)(=O)=O)c2)c(C)c1. The smallest absolute Gasteiger partial charge is 0.238 e. The summed E-state index contributed by atoms with van der Waals surface area (Å²) in [6.45, 7) is 5.50. The molecule has 0 aliphatic heterocycles. The second-order valence-corrected chi connectivity index (χ2v) is 6.79. The Kier molecular flexibility index (Phi) is 4.77. The van der Waals surface area contributed by atoms with Crippen molar-refractivity contribution in [1.29, 1.82) is 0 Å². The molecule has 112 valence electrons. The molecule has 2 rings (SSSR count). The van der Waals surface area contributed by atoms with Crippen molar-refractivity contribution in [2.45, 2.75) is 31.8 Å². The Morgan fingerprint density at radius 2 is 1.81 bits per heavy atom. The molecule has 0 saturated carbocycles. The molecule has 2 aromatic rings. The lowest BCUT2D eigenvalue weighted by molar-refractivity contribution is 0.597. The monoisotopic (exact) mass is 304 g/mol. The molecule has 4 nitrogen and oxygen atoms in total. The zero-order chi connectivity index (χ0) is 15.5. The molecule has 21 heavy (non-hydrogen) atoms. The molecule has 0 spiro atoms. The molecule has 0 aliphatic rings. The fraction of sp³-hybridized carbons (Fsp3) is 0.250. The summed E-state index contributed by atoms with van der Waals surface area (Å²) < 4.78 is 22.6. The third-order valence-corrected chi connectivity index (χ3v) is 4.28. The van der Waals surface area contributed by atoms with E-state index >= 15 is 0 Å². The second kappa shape index (κ2) is 6.39. The van der Waals surface area contributed by atoms with Crippen LogP contribution in [0, 0.1) is 13.8 Å². The first-order chi connectivity index (χ1) is 9.86. The lowest BCUT2D eigenvalue weighted by Gasteiger charge is -2.09. The number of benzene rings is 2. The summed E-state index contributed by atoms with van der Waals surface area (Å²) in [6, 6.07) is 13.0. The van der Waals surface area contributed by atoms with Crippen LogP contribution in [0.4, 0.5) is 0 Å². The zero-order valence-electron chi connectivity index (χ0n) is 12.3. The predicted octanol–water partition coefficient (Wildman–Crippen LogP) is 2.24. The lowest BCUT2D eigenvalue weighted by Crippen LogP contribution is -2.15. The van der Waals surface area contributed by atoms with Crippen LogP contribution in [0.1, 0.15) is 22.3 Å². The number of nitrogens with one attached hydrogen (secondary N) is 1. The number of nitrogens with two attached hydrogens (primary N) is 1. The van der Waals surface area contributed by atoms with Crippen molar-refractivity contribution >= 4 is 10.0 Å². The van der Waals surface area contributed by atoms with Crippen molar-refractivity contribution in [3.05, 3.63) is 64.7 Å². The maximum atomic E-state index is 11.3. The molecule has 5 heteroatoms. The van der Waals surface area contributed by atoms with Crippen LogP contribution in [0.15, 0.2) is 47.4 Å². The molecule has 0 bridgehead atoms. The van der Waals surface area contributed by atoms with Gasteiger partial charge in [0.25, 0.3) is 0 Å². The van der Waals surface area contributed by atoms with Crippen molar-refractivity contribution in [3.8, 4) is 0 Å². The molecule has 0 radical (unpaired) electrons. The van der Waals surface area contributed by atoms with Crippen molar-refractivity contribution in [2.75, 3.05) is 0 Å². The van der Waals surface area contributed by atoms with Gasteiger partial charge in [0.05, 0.1) is 4.90 Å². The van der Waals surface area contributed by atoms with Gasteiger partial charge in [-0.25, -0.2) is 13.6 Å². The number of hydrogen-bond donors (Lipinski definition) is 2. The Hall–Kier alpha value is -1.69. The van der Waals surface area contributed by atoms with E-state index in [4.69, 9.17) is 5.14 Å². The van der Waals surface area contributed by atoms with E-state index in [1.807, 2.05) is 6.07 Å². The maximum absolute atomic E-state index is 11.3. The topological polar surface area (TPSA) is 72.2 Å². The number of hydrogen-bond acceptors (Lipinski definition) is 3. The van der Waals surface area contributed by atoms with E-state index in [9.17, 15) is 8.42 Å². The van der Waals surface area contributed by atoms with Crippen LogP contribution < -0.4 is 10.5 Å². The summed E-state index contributed by atoms with van der Waals surface area (Å²) >= 11 is 0. The Labute approximate surface area is 126 Å². The van der Waals surface area contributed by atoms with Crippen LogP contribution in [0.3, 0.4) is 0 Å². The van der Waals surface area contributed by atoms with Crippen LogP contribution in [-0.2, 0) is 23.1 Å². The first-order valence-corrected chi connectivity index (χ1v) is 8.29. The molecule has 0 aromatic heterocycles. The van der Waals surface area contributed by atoms with Crippen LogP contribution in [-0.4, -0.2) is 8.42 Å². The van der Waals surface area contributed by atoms with Gasteiger partial charge >= 0.3 is 0 Å². The van der Waals surface area contributed by atoms with Crippen molar-refractivity contribution < 1.29 is 8.42 Å². The largest absolute Gasteiger partial charge is 0.309 e. The highest BCUT2D eigenvalue weighted by Gasteiger charge is 2.07. The van der Waals surface area contributed by atoms with Crippen LogP contribution in [0.5, 0.6) is 0 Å². The fourth-order valence-electron chi connectivity index (χ4n) is 2.22. The Bertz CT molecular complexity index is 740. The molecule has 0 heterocycles. The van der Waals surface area contributed by atoms with Gasteiger partial charge in [-0.05, 0) is 42.7 Å². The Balaban J connectivity index is 2.01. The standard InChI is InChI=1S/C16H20N2O2S/c1-12-6-7-15(13(2)8-12)11-18-10-14-4-3-5-16(9-14)21(17,19)20/h3-9,18H,10-11H2,1-2H3,(H2,17,19,20). The Morgan fingerprint density at radius 1 is 1.05 bits per heavy atom. The molecule has 0 saturated heterocycles. The highest BCUT2D eigenvalue weighted by atomic mass is 32.2. The Morgan fingerprint density at radius 3 is 2.48 bits per heavy atom. The van der Waals surface area contributed by atoms with Crippen molar-refractivity contribution in [3.63, 3.8) is 0 Å². The van der Waals surface area contributed by atoms with E-state index in [1.54, 1.807) is 12.1 Å². The molecule has 0 fully saturated rings. The molecular formula is C16H20N2O2S. The van der Waals surface area contributed by atoms with E-state index in [-0.39, 0.29) is 4.90 Å². The van der Waals surface area contributed by atoms with Crippen LogP contribution >= 0.6 is 0 Å². The first kappa shape index (κ1) is 15.7. The van der Waals surface area contributed by atoms with E-state index in [1.165, 1.54) is 22.8 Å². The molecular weight excluding hydrogens is 284 g/mol. The third kappa shape index (κ3) is 4.39. The van der Waals surface area contributed by atoms with Gasteiger partial charge in [0.15, 0.2) is 0 Å². The second-order valence-electron chi connectivity index (χ2n) is 5.23. The van der Waals surface area contributed by atoms with E-state index < -0.39 is 10.0 Å². The number of aryl methyl sites for hydroxylation is 2. The summed E-state index contributed by atoms with van der Waals surface area (Å²) in [5.41, 5.74) is 4.63. The summed E-state index contributed by atoms with van der Waals surface area (Å²) in [4.78, 5) is 0.147. The summed E-state index contributed by atoms with van der Waals surface area (Å²) in [7, 11) is -3.64. The van der Waals surface area contributed by atoms with Gasteiger partial charge in [0.2, 0.25) is 10.0 Å². The molecule has 0 unspecified atom stereocenters. The highest BCUT2D eigenvalue weighted by Crippen LogP contribution is 2.12. The van der Waals surface area contributed by atoms with E-state index in [0.29, 0.717) is 6.54 Å². The highest BCUT2D eigenvalue weighted by molar-refractivity contribution is 7.89. The van der Waals surface area contributed by atoms with Gasteiger partial charge in [-0.2, -0.15) is 0 Å².